The average Bonchev–Trinajstić information content (AvgIpc) is 2.01. The van der Waals surface area contributed by atoms with Crippen LogP contribution in [-0.4, -0.2) is 18.2 Å². The van der Waals surface area contributed by atoms with Gasteiger partial charge in [-0.2, -0.15) is 0 Å². The second kappa shape index (κ2) is 3.72. The lowest BCUT2D eigenvalue weighted by Crippen LogP contribution is -2.16. The molecule has 1 heterocycles. The normalized spacial score (nSPS) is 10.5. The van der Waals surface area contributed by atoms with Crippen LogP contribution in [0.4, 0.5) is 5.82 Å². The van der Waals surface area contributed by atoms with Crippen molar-refractivity contribution in [3.63, 3.8) is 0 Å². The van der Waals surface area contributed by atoms with Gasteiger partial charge >= 0.3 is 0 Å². The molecule has 0 amide bonds. The van der Waals surface area contributed by atoms with E-state index in [0.29, 0.717) is 5.56 Å². The van der Waals surface area contributed by atoms with Crippen LogP contribution in [0.15, 0.2) is 12.3 Å². The summed E-state index contributed by atoms with van der Waals surface area (Å²) in [5.41, 5.74) is 9.16. The zero-order valence-corrected chi connectivity index (χ0v) is 9.63. The fraction of sp³-hybridized carbons (Fsp3) is 0.300. The van der Waals surface area contributed by atoms with E-state index in [2.05, 4.69) is 36.1 Å². The number of pyridine rings is 1. The summed E-state index contributed by atoms with van der Waals surface area (Å²) in [6.07, 6.45) is 1.46. The summed E-state index contributed by atoms with van der Waals surface area (Å²) in [6.45, 7) is 6.39. The van der Waals surface area contributed by atoms with E-state index in [1.54, 1.807) is 0 Å². The maximum absolute atomic E-state index is 9.48. The third kappa shape index (κ3) is 2.78. The van der Waals surface area contributed by atoms with Crippen LogP contribution >= 0.6 is 0 Å². The quantitative estimate of drug-likeness (QED) is 0.500. The van der Waals surface area contributed by atoms with E-state index in [1.165, 1.54) is 12.3 Å². The van der Waals surface area contributed by atoms with Gasteiger partial charge in [-0.25, -0.2) is 4.98 Å². The summed E-state index contributed by atoms with van der Waals surface area (Å²) < 4.78 is 0. The number of anilines is 1. The van der Waals surface area contributed by atoms with Gasteiger partial charge in [-0.05, 0) is 6.07 Å². The highest BCUT2D eigenvalue weighted by Crippen LogP contribution is 2.19. The molecule has 3 nitrogen and oxygen atoms in total. The fourth-order valence-electron chi connectivity index (χ4n) is 0.845. The first-order chi connectivity index (χ1) is 6.40. The molecule has 0 bridgehead atoms. The van der Waals surface area contributed by atoms with Crippen LogP contribution in [0, 0.1) is 11.5 Å². The van der Waals surface area contributed by atoms with Crippen LogP contribution in [0.25, 0.3) is 0 Å². The van der Waals surface area contributed by atoms with Crippen molar-refractivity contribution in [1.82, 2.24) is 4.98 Å². The second-order valence-electron chi connectivity index (χ2n) is 4.09. The topological polar surface area (TPSA) is 59.1 Å². The Labute approximate surface area is 85.0 Å². The molecular weight excluding hydrogens is 192 g/mol. The van der Waals surface area contributed by atoms with Crippen LogP contribution in [0.3, 0.4) is 0 Å². The largest absolute Gasteiger partial charge is 0.506 e. The van der Waals surface area contributed by atoms with Crippen molar-refractivity contribution in [3.05, 3.63) is 17.8 Å². The SMILES string of the molecule is C[Si](C)(C)C#Cc1c(O)ccnc1N. The highest BCUT2D eigenvalue weighted by molar-refractivity contribution is 6.83. The smallest absolute Gasteiger partial charge is 0.142 e. The summed E-state index contributed by atoms with van der Waals surface area (Å²) in [5, 5.41) is 9.48. The standard InChI is InChI=1S/C10H14N2OSi/c1-14(2,3)7-5-8-9(13)4-6-12-10(8)11/h4,6H,1-3H3,(H3,11,12,13). The van der Waals surface area contributed by atoms with Crippen molar-refractivity contribution in [2.45, 2.75) is 19.6 Å². The molecule has 0 fully saturated rings. The number of hydrogen-bond donors (Lipinski definition) is 2. The maximum Gasteiger partial charge on any atom is 0.142 e. The van der Waals surface area contributed by atoms with Crippen molar-refractivity contribution in [2.24, 2.45) is 0 Å². The first-order valence-electron chi connectivity index (χ1n) is 4.37. The molecule has 1 rings (SSSR count). The van der Waals surface area contributed by atoms with Gasteiger partial charge in [0.15, 0.2) is 0 Å². The van der Waals surface area contributed by atoms with Crippen molar-refractivity contribution < 1.29 is 5.11 Å². The number of nitrogen functional groups attached to an aromatic ring is 1. The molecule has 0 aliphatic rings. The van der Waals surface area contributed by atoms with E-state index >= 15 is 0 Å². The third-order valence-electron chi connectivity index (χ3n) is 1.52. The third-order valence-corrected chi connectivity index (χ3v) is 2.40. The van der Waals surface area contributed by atoms with Crippen LogP contribution in [-0.2, 0) is 0 Å². The lowest BCUT2D eigenvalue weighted by atomic mass is 10.2. The van der Waals surface area contributed by atoms with Gasteiger partial charge in [0, 0.05) is 6.20 Å². The van der Waals surface area contributed by atoms with E-state index < -0.39 is 8.07 Å². The van der Waals surface area contributed by atoms with Gasteiger partial charge < -0.3 is 10.8 Å². The molecule has 0 aliphatic heterocycles. The van der Waals surface area contributed by atoms with Crippen molar-refractivity contribution in [1.29, 1.82) is 0 Å². The molecule has 4 heteroatoms. The summed E-state index contributed by atoms with van der Waals surface area (Å²) in [6, 6.07) is 1.49. The van der Waals surface area contributed by atoms with E-state index in [1.807, 2.05) is 0 Å². The average molecular weight is 206 g/mol. The first kappa shape index (κ1) is 10.6. The van der Waals surface area contributed by atoms with Gasteiger partial charge in [0.1, 0.15) is 25.2 Å². The zero-order valence-electron chi connectivity index (χ0n) is 8.63. The lowest BCUT2D eigenvalue weighted by molar-refractivity contribution is 0.473. The van der Waals surface area contributed by atoms with Gasteiger partial charge in [0.05, 0.1) is 0 Å². The van der Waals surface area contributed by atoms with Crippen LogP contribution in [0.2, 0.25) is 19.6 Å². The van der Waals surface area contributed by atoms with E-state index in [4.69, 9.17) is 5.73 Å². The summed E-state index contributed by atoms with van der Waals surface area (Å²) >= 11 is 0. The minimum atomic E-state index is -1.44. The Hall–Kier alpha value is -1.47. The molecule has 0 spiro atoms. The van der Waals surface area contributed by atoms with Gasteiger partial charge in [-0.15, -0.1) is 5.54 Å². The number of hydrogen-bond acceptors (Lipinski definition) is 3. The van der Waals surface area contributed by atoms with Gasteiger partial charge in [-0.1, -0.05) is 25.6 Å². The summed E-state index contributed by atoms with van der Waals surface area (Å²) in [7, 11) is -1.44. The number of nitrogens with zero attached hydrogens (tertiary/aromatic N) is 1. The Balaban J connectivity index is 3.13. The maximum atomic E-state index is 9.48. The van der Waals surface area contributed by atoms with Gasteiger partial charge in [-0.3, -0.25) is 0 Å². The fourth-order valence-corrected chi connectivity index (χ4v) is 1.35. The summed E-state index contributed by atoms with van der Waals surface area (Å²) in [5.74, 6) is 3.28. The van der Waals surface area contributed by atoms with E-state index in [9.17, 15) is 5.11 Å². The first-order valence-corrected chi connectivity index (χ1v) is 7.87. The molecule has 0 saturated heterocycles. The number of aromatic hydroxyl groups is 1. The van der Waals surface area contributed by atoms with Crippen LogP contribution < -0.4 is 5.73 Å². The number of rotatable bonds is 0. The molecule has 1 aromatic rings. The predicted molar refractivity (Wildman–Crippen MR) is 60.5 cm³/mol. The van der Waals surface area contributed by atoms with Gasteiger partial charge in [0.2, 0.25) is 0 Å². The van der Waals surface area contributed by atoms with Crippen molar-refractivity contribution >= 4 is 13.9 Å². The van der Waals surface area contributed by atoms with Crippen LogP contribution in [0.5, 0.6) is 5.75 Å². The molecule has 0 saturated carbocycles. The van der Waals surface area contributed by atoms with E-state index in [-0.39, 0.29) is 11.6 Å². The summed E-state index contributed by atoms with van der Waals surface area (Å²) in [4.78, 5) is 3.87. The number of nitrogens with two attached hydrogens (primary N) is 1. The van der Waals surface area contributed by atoms with Crippen molar-refractivity contribution in [2.75, 3.05) is 5.73 Å². The van der Waals surface area contributed by atoms with Gasteiger partial charge in [0.25, 0.3) is 0 Å². The zero-order chi connectivity index (χ0) is 10.8. The minimum Gasteiger partial charge on any atom is -0.506 e. The Bertz CT molecular complexity index is 379. The molecule has 0 aliphatic carbocycles. The second-order valence-corrected chi connectivity index (χ2v) is 8.84. The highest BCUT2D eigenvalue weighted by atomic mass is 28.3. The Kier molecular flexibility index (Phi) is 2.82. The highest BCUT2D eigenvalue weighted by Gasteiger charge is 2.09. The monoisotopic (exact) mass is 206 g/mol. The minimum absolute atomic E-state index is 0.100. The number of aromatic nitrogens is 1. The molecule has 0 aromatic carbocycles. The van der Waals surface area contributed by atoms with E-state index in [0.717, 1.165) is 0 Å². The predicted octanol–water partition coefficient (Wildman–Crippen LogP) is 1.60. The molecule has 74 valence electrons. The lowest BCUT2D eigenvalue weighted by Gasteiger charge is -2.04. The molecule has 0 radical (unpaired) electrons. The Morgan fingerprint density at radius 2 is 2.07 bits per heavy atom. The molecule has 0 atom stereocenters. The Morgan fingerprint density at radius 3 is 2.57 bits per heavy atom. The molecule has 14 heavy (non-hydrogen) atoms. The molecule has 1 aromatic heterocycles. The molecule has 3 N–H and O–H groups in total. The van der Waals surface area contributed by atoms with Crippen LogP contribution in [0.1, 0.15) is 5.56 Å². The Morgan fingerprint density at radius 1 is 1.43 bits per heavy atom. The molecular formula is C10H14N2OSi. The molecule has 0 unspecified atom stereocenters. The van der Waals surface area contributed by atoms with Crippen molar-refractivity contribution in [3.8, 4) is 17.2 Å².